The van der Waals surface area contributed by atoms with Crippen LogP contribution in [0.5, 0.6) is 0 Å². The predicted molar refractivity (Wildman–Crippen MR) is 78.6 cm³/mol. The molecule has 3 rings (SSSR count). The smallest absolute Gasteiger partial charge is 0.341 e. The minimum atomic E-state index is -0.414. The lowest BCUT2D eigenvalue weighted by atomic mass is 9.90. The van der Waals surface area contributed by atoms with Gasteiger partial charge in [0.15, 0.2) is 0 Å². The lowest BCUT2D eigenvalue weighted by Gasteiger charge is -2.16. The first-order valence-electron chi connectivity index (χ1n) is 6.88. The van der Waals surface area contributed by atoms with E-state index in [1.54, 1.807) is 6.07 Å². The van der Waals surface area contributed by atoms with Crippen LogP contribution in [0.3, 0.4) is 0 Å². The van der Waals surface area contributed by atoms with Gasteiger partial charge in [-0.1, -0.05) is 12.1 Å². The van der Waals surface area contributed by atoms with E-state index in [2.05, 4.69) is 23.2 Å². The van der Waals surface area contributed by atoms with E-state index in [4.69, 9.17) is 10.5 Å². The second kappa shape index (κ2) is 5.04. The van der Waals surface area contributed by atoms with Crippen LogP contribution in [0.25, 0.3) is 11.3 Å². The maximum atomic E-state index is 11.6. The number of nitrogen functional groups attached to an aromatic ring is 1. The van der Waals surface area contributed by atoms with Crippen molar-refractivity contribution in [2.24, 2.45) is 0 Å². The fraction of sp³-hybridized carbons (Fsp3) is 0.312. The Bertz CT molecular complexity index is 658. The van der Waals surface area contributed by atoms with Crippen molar-refractivity contribution in [1.82, 2.24) is 4.98 Å². The van der Waals surface area contributed by atoms with Crippen molar-refractivity contribution in [3.8, 4) is 11.3 Å². The van der Waals surface area contributed by atoms with Crippen LogP contribution in [0.4, 0.5) is 5.82 Å². The average Bonchev–Trinajstić information content (AvgIpc) is 2.88. The van der Waals surface area contributed by atoms with Crippen LogP contribution in [0.2, 0.25) is 0 Å². The van der Waals surface area contributed by atoms with Gasteiger partial charge < -0.3 is 15.5 Å². The maximum absolute atomic E-state index is 11.6. The molecule has 0 fully saturated rings. The summed E-state index contributed by atoms with van der Waals surface area (Å²) < 4.78 is 4.72. The highest BCUT2D eigenvalue weighted by Crippen LogP contribution is 2.29. The van der Waals surface area contributed by atoms with Crippen molar-refractivity contribution in [3.05, 3.63) is 41.0 Å². The summed E-state index contributed by atoms with van der Waals surface area (Å²) in [7, 11) is 1.35. The molecule has 1 aromatic heterocycles. The maximum Gasteiger partial charge on any atom is 0.341 e. The van der Waals surface area contributed by atoms with E-state index in [0.717, 1.165) is 24.1 Å². The van der Waals surface area contributed by atoms with Crippen molar-refractivity contribution < 1.29 is 9.53 Å². The molecule has 1 aliphatic rings. The molecule has 1 aliphatic carbocycles. The number of esters is 1. The Labute approximate surface area is 117 Å². The van der Waals surface area contributed by atoms with Gasteiger partial charge in [-0.2, -0.15) is 0 Å². The normalized spacial score (nSPS) is 13.8. The molecule has 2 aromatic rings. The number of anilines is 1. The molecule has 1 heterocycles. The Balaban J connectivity index is 1.99. The fourth-order valence-electron chi connectivity index (χ4n) is 2.81. The number of ether oxygens (including phenoxy) is 1. The van der Waals surface area contributed by atoms with Crippen LogP contribution in [0.1, 0.15) is 34.3 Å². The number of aromatic nitrogens is 1. The Morgan fingerprint density at radius 3 is 2.70 bits per heavy atom. The summed E-state index contributed by atoms with van der Waals surface area (Å²) in [6.45, 7) is 0. The number of nitrogens with one attached hydrogen (secondary N) is 1. The summed E-state index contributed by atoms with van der Waals surface area (Å²) in [5.41, 5.74) is 11.0. The first kappa shape index (κ1) is 12.8. The van der Waals surface area contributed by atoms with Gasteiger partial charge in [-0.25, -0.2) is 4.79 Å². The molecule has 4 heteroatoms. The summed E-state index contributed by atoms with van der Waals surface area (Å²) in [4.78, 5) is 14.6. The van der Waals surface area contributed by atoms with E-state index in [9.17, 15) is 4.79 Å². The number of nitrogens with two attached hydrogens (primary N) is 1. The van der Waals surface area contributed by atoms with Crippen molar-refractivity contribution in [2.75, 3.05) is 12.8 Å². The number of hydrogen-bond acceptors (Lipinski definition) is 3. The van der Waals surface area contributed by atoms with Gasteiger partial charge in [-0.05, 0) is 54.5 Å². The molecule has 0 atom stereocenters. The highest BCUT2D eigenvalue weighted by molar-refractivity contribution is 5.96. The van der Waals surface area contributed by atoms with E-state index in [-0.39, 0.29) is 0 Å². The number of benzene rings is 1. The van der Waals surface area contributed by atoms with E-state index in [1.165, 1.54) is 31.1 Å². The predicted octanol–water partition coefficient (Wildman–Crippen LogP) is 2.93. The van der Waals surface area contributed by atoms with Crippen LogP contribution in [0.15, 0.2) is 24.3 Å². The summed E-state index contributed by atoms with van der Waals surface area (Å²) in [5, 5.41) is 0. The van der Waals surface area contributed by atoms with Crippen molar-refractivity contribution >= 4 is 11.8 Å². The van der Waals surface area contributed by atoms with Gasteiger partial charge in [0, 0.05) is 5.69 Å². The molecule has 0 saturated carbocycles. The van der Waals surface area contributed by atoms with E-state index >= 15 is 0 Å². The first-order valence-corrected chi connectivity index (χ1v) is 6.88. The Morgan fingerprint density at radius 2 is 1.95 bits per heavy atom. The zero-order chi connectivity index (χ0) is 14.1. The molecule has 0 bridgehead atoms. The topological polar surface area (TPSA) is 68.1 Å². The van der Waals surface area contributed by atoms with Crippen LogP contribution < -0.4 is 5.73 Å². The SMILES string of the molecule is COC(=O)c1cc(-c2ccc3c(c2)CCCC3)[nH]c1N. The number of rotatable bonds is 2. The quantitative estimate of drug-likeness (QED) is 0.824. The summed E-state index contributed by atoms with van der Waals surface area (Å²) in [6.07, 6.45) is 4.81. The largest absolute Gasteiger partial charge is 0.465 e. The molecule has 1 aromatic carbocycles. The van der Waals surface area contributed by atoms with Crippen molar-refractivity contribution in [2.45, 2.75) is 25.7 Å². The molecule has 3 N–H and O–H groups in total. The highest BCUT2D eigenvalue weighted by Gasteiger charge is 2.16. The molecule has 0 unspecified atom stereocenters. The molecular weight excluding hydrogens is 252 g/mol. The lowest BCUT2D eigenvalue weighted by molar-refractivity contribution is 0.0602. The average molecular weight is 270 g/mol. The van der Waals surface area contributed by atoms with Gasteiger partial charge in [0.1, 0.15) is 11.4 Å². The van der Waals surface area contributed by atoms with Crippen LogP contribution >= 0.6 is 0 Å². The second-order valence-electron chi connectivity index (χ2n) is 5.19. The standard InChI is InChI=1S/C16H18N2O2/c1-20-16(19)13-9-14(18-15(13)17)12-7-6-10-4-2-3-5-11(10)8-12/h6-9,18H,2-5,17H2,1H3. The molecule has 4 nitrogen and oxygen atoms in total. The number of aryl methyl sites for hydroxylation is 2. The molecular formula is C16H18N2O2. The number of carbonyl (C=O) groups excluding carboxylic acids is 1. The molecule has 0 spiro atoms. The Hall–Kier alpha value is -2.23. The van der Waals surface area contributed by atoms with E-state index < -0.39 is 5.97 Å². The van der Waals surface area contributed by atoms with Crippen LogP contribution in [-0.4, -0.2) is 18.1 Å². The highest BCUT2D eigenvalue weighted by atomic mass is 16.5. The minimum absolute atomic E-state index is 0.351. The zero-order valence-electron chi connectivity index (χ0n) is 11.5. The first-order chi connectivity index (χ1) is 9.69. The van der Waals surface area contributed by atoms with Gasteiger partial charge in [0.2, 0.25) is 0 Å². The Kier molecular flexibility index (Phi) is 3.22. The summed E-state index contributed by atoms with van der Waals surface area (Å²) in [6, 6.07) is 8.21. The Morgan fingerprint density at radius 1 is 1.20 bits per heavy atom. The number of H-pyrrole nitrogens is 1. The zero-order valence-corrected chi connectivity index (χ0v) is 11.5. The van der Waals surface area contributed by atoms with Gasteiger partial charge >= 0.3 is 5.97 Å². The van der Waals surface area contributed by atoms with Gasteiger partial charge in [-0.3, -0.25) is 0 Å². The van der Waals surface area contributed by atoms with Crippen molar-refractivity contribution in [1.29, 1.82) is 0 Å². The van der Waals surface area contributed by atoms with Gasteiger partial charge in [0.25, 0.3) is 0 Å². The lowest BCUT2D eigenvalue weighted by Crippen LogP contribution is -2.02. The number of hydrogen-bond donors (Lipinski definition) is 2. The molecule has 104 valence electrons. The number of carbonyl (C=O) groups is 1. The monoisotopic (exact) mass is 270 g/mol. The van der Waals surface area contributed by atoms with E-state index in [0.29, 0.717) is 11.4 Å². The van der Waals surface area contributed by atoms with Gasteiger partial charge in [-0.15, -0.1) is 0 Å². The molecule has 20 heavy (non-hydrogen) atoms. The van der Waals surface area contributed by atoms with Crippen LogP contribution in [-0.2, 0) is 17.6 Å². The van der Waals surface area contributed by atoms with E-state index in [1.807, 2.05) is 0 Å². The minimum Gasteiger partial charge on any atom is -0.465 e. The number of methoxy groups -OCH3 is 1. The number of fused-ring (bicyclic) bond motifs is 1. The molecule has 0 radical (unpaired) electrons. The van der Waals surface area contributed by atoms with Crippen molar-refractivity contribution in [3.63, 3.8) is 0 Å². The van der Waals surface area contributed by atoms with Crippen LogP contribution in [0, 0.1) is 0 Å². The third-order valence-electron chi connectivity index (χ3n) is 3.91. The fourth-order valence-corrected chi connectivity index (χ4v) is 2.81. The number of aromatic amines is 1. The molecule has 0 aliphatic heterocycles. The summed E-state index contributed by atoms with van der Waals surface area (Å²) in [5.74, 6) is -0.0625. The molecule has 0 saturated heterocycles. The third-order valence-corrected chi connectivity index (χ3v) is 3.91. The van der Waals surface area contributed by atoms with Gasteiger partial charge in [0.05, 0.1) is 7.11 Å². The molecule has 0 amide bonds. The second-order valence-corrected chi connectivity index (χ2v) is 5.19. The third kappa shape index (κ3) is 2.18. The summed E-state index contributed by atoms with van der Waals surface area (Å²) >= 11 is 0.